The van der Waals surface area contributed by atoms with Gasteiger partial charge in [0.05, 0.1) is 32.5 Å². The third kappa shape index (κ3) is 3.03. The Morgan fingerprint density at radius 3 is 2.35 bits per heavy atom. The van der Waals surface area contributed by atoms with Gasteiger partial charge in [-0.05, 0) is 42.9 Å². The van der Waals surface area contributed by atoms with Gasteiger partial charge in [-0.2, -0.15) is 0 Å². The van der Waals surface area contributed by atoms with Crippen molar-refractivity contribution < 1.29 is 18.9 Å². The fraction of sp³-hybridized carbons (Fsp3) is 1.00. The smallest absolute Gasteiger partial charge is 0.104 e. The van der Waals surface area contributed by atoms with E-state index < -0.39 is 0 Å². The number of hydrogen-bond donors (Lipinski definition) is 0. The summed E-state index contributed by atoms with van der Waals surface area (Å²) in [5.41, 5.74) is 0. The molecular formula is C16H26O4. The molecule has 2 heterocycles. The van der Waals surface area contributed by atoms with E-state index in [4.69, 9.17) is 18.9 Å². The molecule has 0 N–H and O–H groups in total. The highest BCUT2D eigenvalue weighted by atomic mass is 16.6. The number of ether oxygens (including phenoxy) is 4. The number of epoxide rings is 2. The molecule has 2 aliphatic heterocycles. The lowest BCUT2D eigenvalue weighted by atomic mass is 9.91. The first-order valence-corrected chi connectivity index (χ1v) is 8.22. The molecule has 0 amide bonds. The molecule has 4 fully saturated rings. The molecule has 0 aromatic rings. The average molecular weight is 282 g/mol. The van der Waals surface area contributed by atoms with E-state index in [1.54, 1.807) is 0 Å². The van der Waals surface area contributed by atoms with Gasteiger partial charge in [0, 0.05) is 6.61 Å². The molecule has 2 saturated heterocycles. The van der Waals surface area contributed by atoms with Crippen LogP contribution >= 0.6 is 0 Å². The molecule has 0 aromatic carbocycles. The number of fused-ring (bicyclic) bond motifs is 1. The topological polar surface area (TPSA) is 43.5 Å². The Morgan fingerprint density at radius 2 is 1.60 bits per heavy atom. The van der Waals surface area contributed by atoms with Crippen LogP contribution in [0.15, 0.2) is 0 Å². The molecule has 114 valence electrons. The van der Waals surface area contributed by atoms with Gasteiger partial charge >= 0.3 is 0 Å². The Kier molecular flexibility index (Phi) is 3.75. The second-order valence-electron chi connectivity index (χ2n) is 7.18. The summed E-state index contributed by atoms with van der Waals surface area (Å²) in [6.45, 7) is 6.72. The molecule has 4 heteroatoms. The van der Waals surface area contributed by atoms with E-state index in [9.17, 15) is 0 Å². The Balaban J connectivity index is 1.25. The van der Waals surface area contributed by atoms with Crippen LogP contribution in [0.25, 0.3) is 0 Å². The fourth-order valence-corrected chi connectivity index (χ4v) is 4.33. The molecule has 20 heavy (non-hydrogen) atoms. The molecule has 4 nitrogen and oxygen atoms in total. The minimum Gasteiger partial charge on any atom is -0.378 e. The van der Waals surface area contributed by atoms with Gasteiger partial charge in [-0.3, -0.25) is 0 Å². The molecule has 0 spiro atoms. The highest BCUT2D eigenvalue weighted by Gasteiger charge is 2.47. The summed E-state index contributed by atoms with van der Waals surface area (Å²) >= 11 is 0. The summed E-state index contributed by atoms with van der Waals surface area (Å²) < 4.78 is 22.3. The van der Waals surface area contributed by atoms with Crippen LogP contribution in [0, 0.1) is 23.7 Å². The maximum atomic E-state index is 6.03. The predicted molar refractivity (Wildman–Crippen MR) is 73.5 cm³/mol. The standard InChI is InChI=1S/C16H26O4/c1-10-2-11(5-17-6-13-7-19-13)16-4-12(3-15(10)16)18-8-14-9-20-14/h10-16H,2-9H2,1H3. The van der Waals surface area contributed by atoms with Crippen LogP contribution in [0.1, 0.15) is 26.2 Å². The zero-order valence-corrected chi connectivity index (χ0v) is 12.3. The maximum Gasteiger partial charge on any atom is 0.104 e. The predicted octanol–water partition coefficient (Wildman–Crippen LogP) is 1.87. The molecule has 4 aliphatic rings. The summed E-state index contributed by atoms with van der Waals surface area (Å²) in [5.74, 6) is 3.23. The minimum absolute atomic E-state index is 0.392. The van der Waals surface area contributed by atoms with Crippen molar-refractivity contribution in [1.82, 2.24) is 0 Å². The first kappa shape index (κ1) is 13.5. The van der Waals surface area contributed by atoms with Crippen molar-refractivity contribution in [3.05, 3.63) is 0 Å². The molecule has 4 rings (SSSR count). The molecule has 7 atom stereocenters. The third-order valence-corrected chi connectivity index (χ3v) is 5.59. The Morgan fingerprint density at radius 1 is 0.900 bits per heavy atom. The molecule has 7 unspecified atom stereocenters. The lowest BCUT2D eigenvalue weighted by molar-refractivity contribution is 0.0324. The van der Waals surface area contributed by atoms with E-state index in [2.05, 4.69) is 6.92 Å². The summed E-state index contributed by atoms with van der Waals surface area (Å²) in [6, 6.07) is 0. The van der Waals surface area contributed by atoms with Crippen LogP contribution in [-0.4, -0.2) is 51.3 Å². The van der Waals surface area contributed by atoms with E-state index in [1.165, 1.54) is 19.3 Å². The zero-order chi connectivity index (χ0) is 13.5. The number of hydrogen-bond acceptors (Lipinski definition) is 4. The normalized spacial score (nSPS) is 49.4. The Labute approximate surface area is 121 Å². The molecule has 0 aromatic heterocycles. The largest absolute Gasteiger partial charge is 0.378 e. The zero-order valence-electron chi connectivity index (χ0n) is 12.3. The maximum absolute atomic E-state index is 6.03. The molecule has 2 aliphatic carbocycles. The minimum atomic E-state index is 0.392. The van der Waals surface area contributed by atoms with Crippen LogP contribution in [-0.2, 0) is 18.9 Å². The van der Waals surface area contributed by atoms with Gasteiger partial charge < -0.3 is 18.9 Å². The van der Waals surface area contributed by atoms with E-state index >= 15 is 0 Å². The van der Waals surface area contributed by atoms with E-state index in [0.29, 0.717) is 18.3 Å². The fourth-order valence-electron chi connectivity index (χ4n) is 4.33. The van der Waals surface area contributed by atoms with Crippen molar-refractivity contribution in [3.8, 4) is 0 Å². The second kappa shape index (κ2) is 5.56. The molecule has 2 saturated carbocycles. The monoisotopic (exact) mass is 282 g/mol. The highest BCUT2D eigenvalue weighted by Crippen LogP contribution is 2.51. The summed E-state index contributed by atoms with van der Waals surface area (Å²) in [6.07, 6.45) is 5.06. The highest BCUT2D eigenvalue weighted by molar-refractivity contribution is 4.96. The Bertz CT molecular complexity index is 339. The van der Waals surface area contributed by atoms with Gasteiger partial charge in [0.2, 0.25) is 0 Å². The third-order valence-electron chi connectivity index (χ3n) is 5.59. The van der Waals surface area contributed by atoms with E-state index in [0.717, 1.165) is 56.7 Å². The van der Waals surface area contributed by atoms with Gasteiger partial charge in [0.25, 0.3) is 0 Å². The van der Waals surface area contributed by atoms with Crippen LogP contribution in [0.4, 0.5) is 0 Å². The van der Waals surface area contributed by atoms with E-state index in [1.807, 2.05) is 0 Å². The van der Waals surface area contributed by atoms with Crippen molar-refractivity contribution in [2.75, 3.05) is 33.0 Å². The van der Waals surface area contributed by atoms with Crippen LogP contribution < -0.4 is 0 Å². The second-order valence-corrected chi connectivity index (χ2v) is 7.18. The van der Waals surface area contributed by atoms with Crippen molar-refractivity contribution in [1.29, 1.82) is 0 Å². The van der Waals surface area contributed by atoms with Crippen LogP contribution in [0.3, 0.4) is 0 Å². The lowest BCUT2D eigenvalue weighted by Crippen LogP contribution is -2.19. The van der Waals surface area contributed by atoms with Gasteiger partial charge in [-0.25, -0.2) is 0 Å². The number of rotatable bonds is 7. The average Bonchev–Trinajstić information content (AvgIpc) is 3.34. The first-order chi connectivity index (χ1) is 9.79. The van der Waals surface area contributed by atoms with Gasteiger partial charge in [0.1, 0.15) is 12.2 Å². The molecule has 0 bridgehead atoms. The van der Waals surface area contributed by atoms with E-state index in [-0.39, 0.29) is 0 Å². The van der Waals surface area contributed by atoms with Crippen molar-refractivity contribution in [3.63, 3.8) is 0 Å². The van der Waals surface area contributed by atoms with Crippen molar-refractivity contribution in [2.24, 2.45) is 23.7 Å². The quantitative estimate of drug-likeness (QED) is 0.669. The van der Waals surface area contributed by atoms with Crippen molar-refractivity contribution in [2.45, 2.75) is 44.5 Å². The SMILES string of the molecule is CC1CC(COCC2CO2)C2CC(OCC3CO3)CC12. The molecule has 0 radical (unpaired) electrons. The first-order valence-electron chi connectivity index (χ1n) is 8.22. The van der Waals surface area contributed by atoms with Crippen LogP contribution in [0.2, 0.25) is 0 Å². The summed E-state index contributed by atoms with van der Waals surface area (Å²) in [7, 11) is 0. The van der Waals surface area contributed by atoms with Crippen LogP contribution in [0.5, 0.6) is 0 Å². The summed E-state index contributed by atoms with van der Waals surface area (Å²) in [4.78, 5) is 0. The Hall–Kier alpha value is -0.160. The molecular weight excluding hydrogens is 256 g/mol. The van der Waals surface area contributed by atoms with Gasteiger partial charge in [0.15, 0.2) is 0 Å². The lowest BCUT2D eigenvalue weighted by Gasteiger charge is -2.19. The van der Waals surface area contributed by atoms with Gasteiger partial charge in [-0.1, -0.05) is 6.92 Å². The van der Waals surface area contributed by atoms with Gasteiger partial charge in [-0.15, -0.1) is 0 Å². The summed E-state index contributed by atoms with van der Waals surface area (Å²) in [5, 5.41) is 0. The van der Waals surface area contributed by atoms with Crippen molar-refractivity contribution >= 4 is 0 Å².